The van der Waals surface area contributed by atoms with E-state index in [0.717, 1.165) is 32.5 Å². The number of benzene rings is 2. The van der Waals surface area contributed by atoms with Crippen LogP contribution in [0.4, 0.5) is 5.69 Å². The van der Waals surface area contributed by atoms with Crippen LogP contribution in [0.2, 0.25) is 0 Å². The van der Waals surface area contributed by atoms with Crippen LogP contribution in [0.5, 0.6) is 0 Å². The van der Waals surface area contributed by atoms with E-state index in [9.17, 15) is 0 Å². The summed E-state index contributed by atoms with van der Waals surface area (Å²) in [7, 11) is 1.97. The molecule has 4 heteroatoms. The van der Waals surface area contributed by atoms with Gasteiger partial charge in [-0.05, 0) is 41.7 Å². The summed E-state index contributed by atoms with van der Waals surface area (Å²) in [6.45, 7) is 7.66. The van der Waals surface area contributed by atoms with Gasteiger partial charge in [0.2, 0.25) is 0 Å². The van der Waals surface area contributed by atoms with E-state index in [-0.39, 0.29) is 0 Å². The molecule has 146 valence electrons. The highest BCUT2D eigenvalue weighted by Gasteiger charge is 2.28. The van der Waals surface area contributed by atoms with Crippen LogP contribution in [-0.4, -0.2) is 34.4 Å². The molecule has 0 aliphatic carbocycles. The van der Waals surface area contributed by atoms with Gasteiger partial charge in [0.05, 0.1) is 11.9 Å². The molecule has 0 fully saturated rings. The van der Waals surface area contributed by atoms with Gasteiger partial charge in [-0.2, -0.15) is 5.10 Å². The first-order valence-corrected chi connectivity index (χ1v) is 10.4. The Balaban J connectivity index is 1.74. The maximum atomic E-state index is 4.35. The summed E-state index contributed by atoms with van der Waals surface area (Å²) in [6.07, 6.45) is 6.27. The number of hydrogen-bond acceptors (Lipinski definition) is 3. The second-order valence-corrected chi connectivity index (χ2v) is 7.69. The third-order valence-corrected chi connectivity index (χ3v) is 5.71. The molecule has 2 heterocycles. The molecule has 1 aliphatic heterocycles. The number of aryl methyl sites for hydroxylation is 1. The van der Waals surface area contributed by atoms with Gasteiger partial charge in [-0.25, -0.2) is 5.01 Å². The normalized spacial score (nSPS) is 16.4. The van der Waals surface area contributed by atoms with Gasteiger partial charge in [0.1, 0.15) is 0 Å². The Morgan fingerprint density at radius 3 is 2.57 bits per heavy atom. The summed E-state index contributed by atoms with van der Waals surface area (Å²) in [5.74, 6) is 0.503. The fourth-order valence-electron chi connectivity index (χ4n) is 4.31. The zero-order valence-corrected chi connectivity index (χ0v) is 17.2. The van der Waals surface area contributed by atoms with Crippen LogP contribution >= 0.6 is 0 Å². The zero-order valence-electron chi connectivity index (χ0n) is 17.2. The van der Waals surface area contributed by atoms with E-state index in [1.165, 1.54) is 27.9 Å². The number of anilines is 1. The lowest BCUT2D eigenvalue weighted by molar-refractivity contribution is 0.249. The first-order chi connectivity index (χ1) is 13.7. The Morgan fingerprint density at radius 1 is 1.07 bits per heavy atom. The molecular formula is C24H30N4. The number of rotatable bonds is 6. The molecule has 1 aliphatic rings. The highest BCUT2D eigenvalue weighted by molar-refractivity contribution is 5.69. The predicted octanol–water partition coefficient (Wildman–Crippen LogP) is 4.88. The van der Waals surface area contributed by atoms with Crippen LogP contribution in [0.25, 0.3) is 11.1 Å². The number of fused-ring (bicyclic) bond motifs is 1. The minimum absolute atomic E-state index is 0.503. The predicted molar refractivity (Wildman–Crippen MR) is 116 cm³/mol. The molecule has 1 aromatic heterocycles. The molecule has 3 aromatic rings. The van der Waals surface area contributed by atoms with Gasteiger partial charge in [-0.3, -0.25) is 4.68 Å². The number of hydrogen-bond donors (Lipinski definition) is 0. The van der Waals surface area contributed by atoms with Gasteiger partial charge in [0, 0.05) is 44.4 Å². The molecule has 0 amide bonds. The van der Waals surface area contributed by atoms with E-state index < -0.39 is 0 Å². The second-order valence-electron chi connectivity index (χ2n) is 7.69. The first kappa shape index (κ1) is 18.8. The Labute approximate surface area is 168 Å². The molecule has 0 N–H and O–H groups in total. The molecule has 28 heavy (non-hydrogen) atoms. The van der Waals surface area contributed by atoms with Crippen LogP contribution in [0.1, 0.15) is 37.3 Å². The van der Waals surface area contributed by atoms with Crippen LogP contribution < -0.4 is 5.01 Å². The van der Waals surface area contributed by atoms with Crippen molar-refractivity contribution in [2.45, 2.75) is 32.6 Å². The third-order valence-electron chi connectivity index (χ3n) is 5.71. The van der Waals surface area contributed by atoms with Gasteiger partial charge in [0.15, 0.2) is 0 Å². The van der Waals surface area contributed by atoms with E-state index in [4.69, 9.17) is 0 Å². The van der Waals surface area contributed by atoms with E-state index in [2.05, 4.69) is 83.7 Å². The van der Waals surface area contributed by atoms with E-state index in [1.54, 1.807) is 0 Å². The average Bonchev–Trinajstić information content (AvgIpc) is 3.18. The van der Waals surface area contributed by atoms with E-state index in [0.29, 0.717) is 5.92 Å². The van der Waals surface area contributed by atoms with Crippen molar-refractivity contribution >= 4 is 5.69 Å². The molecule has 2 aromatic carbocycles. The van der Waals surface area contributed by atoms with Crippen molar-refractivity contribution in [1.82, 2.24) is 14.8 Å². The standard InChI is InChI=1S/C24H30N4/c1-4-13-27(5-2)28-18-22(19-9-7-6-8-10-19)15-21-14-20(11-12-24(21)28)23-16-25-26(3)17-23/h6-12,14,16-17,22H,4-5,13,15,18H2,1-3H3. The summed E-state index contributed by atoms with van der Waals surface area (Å²) >= 11 is 0. The lowest BCUT2D eigenvalue weighted by Crippen LogP contribution is -2.48. The van der Waals surface area contributed by atoms with Crippen molar-refractivity contribution in [3.8, 4) is 11.1 Å². The number of nitrogens with zero attached hydrogens (tertiary/aromatic N) is 4. The maximum Gasteiger partial charge on any atom is 0.0568 e. The monoisotopic (exact) mass is 374 g/mol. The fraction of sp³-hybridized carbons (Fsp3) is 0.375. The van der Waals surface area contributed by atoms with E-state index >= 15 is 0 Å². The summed E-state index contributed by atoms with van der Waals surface area (Å²) in [5.41, 5.74) is 6.64. The molecular weight excluding hydrogens is 344 g/mol. The van der Waals surface area contributed by atoms with Crippen LogP contribution in [0, 0.1) is 0 Å². The van der Waals surface area contributed by atoms with Crippen LogP contribution in [-0.2, 0) is 13.5 Å². The Bertz CT molecular complexity index is 915. The Kier molecular flexibility index (Phi) is 5.49. The third kappa shape index (κ3) is 3.69. The van der Waals surface area contributed by atoms with E-state index in [1.807, 2.05) is 17.9 Å². The van der Waals surface area contributed by atoms with Gasteiger partial charge >= 0.3 is 0 Å². The summed E-state index contributed by atoms with van der Waals surface area (Å²) in [4.78, 5) is 0. The number of hydrazine groups is 1. The van der Waals surface area contributed by atoms with Crippen molar-refractivity contribution in [3.63, 3.8) is 0 Å². The van der Waals surface area contributed by atoms with Gasteiger partial charge in [-0.15, -0.1) is 0 Å². The van der Waals surface area contributed by atoms with Crippen LogP contribution in [0.3, 0.4) is 0 Å². The smallest absolute Gasteiger partial charge is 0.0568 e. The summed E-state index contributed by atoms with van der Waals surface area (Å²) in [5, 5.41) is 9.36. The Hall–Kier alpha value is -2.59. The molecule has 0 bridgehead atoms. The van der Waals surface area contributed by atoms with Crippen molar-refractivity contribution < 1.29 is 0 Å². The summed E-state index contributed by atoms with van der Waals surface area (Å²) in [6, 6.07) is 17.9. The second kappa shape index (κ2) is 8.19. The maximum absolute atomic E-state index is 4.35. The topological polar surface area (TPSA) is 24.3 Å². The van der Waals surface area contributed by atoms with Crippen LogP contribution in [0.15, 0.2) is 60.9 Å². The fourth-order valence-corrected chi connectivity index (χ4v) is 4.31. The molecule has 0 spiro atoms. The van der Waals surface area contributed by atoms with Crippen molar-refractivity contribution in [2.75, 3.05) is 24.6 Å². The first-order valence-electron chi connectivity index (χ1n) is 10.4. The average molecular weight is 375 g/mol. The lowest BCUT2D eigenvalue weighted by Gasteiger charge is -2.43. The summed E-state index contributed by atoms with van der Waals surface area (Å²) < 4.78 is 1.87. The molecule has 1 atom stereocenters. The van der Waals surface area contributed by atoms with Gasteiger partial charge in [-0.1, -0.05) is 50.2 Å². The van der Waals surface area contributed by atoms with Crippen molar-refractivity contribution in [2.24, 2.45) is 7.05 Å². The van der Waals surface area contributed by atoms with Gasteiger partial charge < -0.3 is 5.01 Å². The molecule has 0 radical (unpaired) electrons. The van der Waals surface area contributed by atoms with Crippen molar-refractivity contribution in [1.29, 1.82) is 0 Å². The number of aromatic nitrogens is 2. The highest BCUT2D eigenvalue weighted by atomic mass is 15.6. The lowest BCUT2D eigenvalue weighted by atomic mass is 9.86. The SMILES string of the molecule is CCCN(CC)N1CC(c2ccccc2)Cc2cc(-c3cnn(C)c3)ccc21. The van der Waals surface area contributed by atoms with Gasteiger partial charge in [0.25, 0.3) is 0 Å². The quantitative estimate of drug-likeness (QED) is 0.614. The molecule has 4 nitrogen and oxygen atoms in total. The largest absolute Gasteiger partial charge is 0.305 e. The van der Waals surface area contributed by atoms with Crippen molar-refractivity contribution in [3.05, 3.63) is 72.1 Å². The molecule has 4 rings (SSSR count). The molecule has 1 unspecified atom stereocenters. The Morgan fingerprint density at radius 2 is 1.89 bits per heavy atom. The minimum Gasteiger partial charge on any atom is -0.305 e. The zero-order chi connectivity index (χ0) is 19.5. The highest BCUT2D eigenvalue weighted by Crippen LogP contribution is 2.37. The minimum atomic E-state index is 0.503. The molecule has 0 saturated carbocycles. The molecule has 0 saturated heterocycles.